The summed E-state index contributed by atoms with van der Waals surface area (Å²) in [5.41, 5.74) is 6.93. The van der Waals surface area contributed by atoms with Crippen LogP contribution in [0.15, 0.2) is 121 Å². The van der Waals surface area contributed by atoms with Gasteiger partial charge in [-0.15, -0.1) is 0 Å². The first-order valence-electron chi connectivity index (χ1n) is 18.7. The van der Waals surface area contributed by atoms with Gasteiger partial charge in [-0.1, -0.05) is 109 Å². The van der Waals surface area contributed by atoms with E-state index in [1.54, 1.807) is 41.6 Å². The van der Waals surface area contributed by atoms with Gasteiger partial charge >= 0.3 is 33.0 Å². The van der Waals surface area contributed by atoms with Gasteiger partial charge in [0.1, 0.15) is 12.9 Å². The van der Waals surface area contributed by atoms with Gasteiger partial charge in [0.05, 0.1) is 47.1 Å². The molecule has 0 radical (unpaired) electrons. The SMILES string of the molecule is CC(C)[PH+](CCNCC[PH+](C(C)C)C(C)C)C(C)C.O=C(OCc1ccccc1)c1ccccc1.O=Cc1ccccc1.OCc1ccccc1.[CH-]=O.[Cl][RuH+2]. The number of benzene rings is 4. The standard InChI is InChI=1S/C16H37NP2.C14H12O2.C7H8O.C7H6O.CHO.ClH.Ru.H/c1-13(2)18(14(3)4)11-9-17-10-12-19(15(5)6)16(7)8;15-14(13-9-5-2-6-10-13)16-11-12-7-3-1-4-8-12;2*8-6-7-4-2-1-3-5-7;1-2;;;/h13-17H,9-12H2,1-8H3;1-10H,11H2;1-5,8H,6H2;1-6H;1H;1H;;/q;;;;-1;;+3;/p+1. The molecule has 0 fully saturated rings. The molecule has 0 amide bonds. The number of hydrogen-bond donors (Lipinski definition) is 2. The van der Waals surface area contributed by atoms with Crippen LogP contribution >= 0.6 is 25.5 Å². The monoisotopic (exact) mass is 900 g/mol. The predicted molar refractivity (Wildman–Crippen MR) is 240 cm³/mol. The van der Waals surface area contributed by atoms with E-state index in [4.69, 9.17) is 14.6 Å². The Bertz CT molecular complexity index is 1400. The molecule has 0 aliphatic heterocycles. The van der Waals surface area contributed by atoms with Crippen LogP contribution in [0.2, 0.25) is 0 Å². The maximum absolute atomic E-state index is 11.6. The van der Waals surface area contributed by atoms with Crippen LogP contribution in [0.1, 0.15) is 87.2 Å². The van der Waals surface area contributed by atoms with E-state index in [0.29, 0.717) is 12.2 Å². The van der Waals surface area contributed by atoms with Crippen molar-refractivity contribution in [2.75, 3.05) is 25.4 Å². The molecule has 6 nitrogen and oxygen atoms in total. The van der Waals surface area contributed by atoms with E-state index in [1.165, 1.54) is 25.4 Å². The molecule has 10 heteroatoms. The molecular weight excluding hydrogens is 833 g/mol. The molecular formula is C45H67ClNO5P2Ru+3. The van der Waals surface area contributed by atoms with Gasteiger partial charge in [-0.25, -0.2) is 4.79 Å². The van der Waals surface area contributed by atoms with Crippen molar-refractivity contribution < 1.29 is 41.5 Å². The summed E-state index contributed by atoms with van der Waals surface area (Å²) in [7, 11) is 4.28. The summed E-state index contributed by atoms with van der Waals surface area (Å²) >= 11 is 1.62. The van der Waals surface area contributed by atoms with Gasteiger partial charge in [0.25, 0.3) is 0 Å². The van der Waals surface area contributed by atoms with Crippen LogP contribution in [0.25, 0.3) is 0 Å². The number of esters is 1. The number of hydrogen-bond acceptors (Lipinski definition) is 6. The summed E-state index contributed by atoms with van der Waals surface area (Å²) in [6.07, 6.45) is 3.71. The summed E-state index contributed by atoms with van der Waals surface area (Å²) < 4.78 is 5.18. The Morgan fingerprint density at radius 3 is 1.31 bits per heavy atom. The van der Waals surface area contributed by atoms with Gasteiger partial charge in [0.15, 0.2) is 0 Å². The summed E-state index contributed by atoms with van der Waals surface area (Å²) in [5, 5.41) is 12.3. The Hall–Kier alpha value is -2.62. The van der Waals surface area contributed by atoms with E-state index >= 15 is 0 Å². The van der Waals surface area contributed by atoms with E-state index in [2.05, 4.69) is 77.2 Å². The number of halogens is 1. The molecule has 0 aromatic heterocycles. The quantitative estimate of drug-likeness (QED) is 0.0308. The average Bonchev–Trinajstić information content (AvgIpc) is 3.22. The van der Waals surface area contributed by atoms with Crippen molar-refractivity contribution in [3.05, 3.63) is 144 Å². The molecule has 55 heavy (non-hydrogen) atoms. The molecule has 0 atom stereocenters. The third-order valence-electron chi connectivity index (χ3n) is 8.33. The third-order valence-corrected chi connectivity index (χ3v) is 15.9. The Kier molecular flexibility index (Phi) is 36.6. The Morgan fingerprint density at radius 2 is 1.00 bits per heavy atom. The van der Waals surface area contributed by atoms with Crippen LogP contribution in [-0.4, -0.2) is 72.2 Å². The molecule has 4 aromatic rings. The van der Waals surface area contributed by atoms with Crippen molar-refractivity contribution in [3.63, 3.8) is 0 Å². The van der Waals surface area contributed by atoms with Gasteiger partial charge in [-0.2, -0.15) is 0 Å². The fourth-order valence-electron chi connectivity index (χ4n) is 5.57. The van der Waals surface area contributed by atoms with Crippen molar-refractivity contribution in [2.24, 2.45) is 0 Å². The van der Waals surface area contributed by atoms with E-state index in [9.17, 15) is 9.59 Å². The van der Waals surface area contributed by atoms with Crippen molar-refractivity contribution in [3.8, 4) is 0 Å². The third kappa shape index (κ3) is 28.4. The first kappa shape index (κ1) is 54.5. The molecule has 2 N–H and O–H groups in total. The fraction of sp³-hybridized carbons (Fsp3) is 0.400. The second-order valence-corrected chi connectivity index (χ2v) is 21.5. The number of ether oxygens (including phenoxy) is 1. The first-order valence-corrected chi connectivity index (χ1v) is 24.8. The maximum atomic E-state index is 11.6. The molecule has 0 aliphatic rings. The number of carbonyl (C=O) groups excluding carboxylic acids is 3. The minimum absolute atomic E-state index is 0.140. The number of nitrogens with one attached hydrogen (secondary N) is 1. The fourth-order valence-corrected chi connectivity index (χ4v) is 11.5. The van der Waals surface area contributed by atoms with Gasteiger partial charge in [-0.05, 0) is 78.6 Å². The number of aliphatic hydroxyl groups excluding tert-OH is 1. The molecule has 0 aliphatic carbocycles. The molecule has 0 bridgehead atoms. The van der Waals surface area contributed by atoms with Crippen LogP contribution in [0.3, 0.4) is 0 Å². The number of rotatable bonds is 15. The molecule has 0 heterocycles. The zero-order valence-electron chi connectivity index (χ0n) is 34.1. The van der Waals surface area contributed by atoms with Crippen LogP contribution in [0, 0.1) is 0 Å². The van der Waals surface area contributed by atoms with Crippen LogP contribution in [0.4, 0.5) is 0 Å². The summed E-state index contributed by atoms with van der Waals surface area (Å²) in [6.45, 7) is 25.5. The van der Waals surface area contributed by atoms with E-state index in [-0.39, 0.29) is 28.4 Å². The van der Waals surface area contributed by atoms with Crippen LogP contribution in [0.5, 0.6) is 0 Å². The van der Waals surface area contributed by atoms with E-state index in [1.807, 2.05) is 97.1 Å². The molecule has 0 spiro atoms. The Morgan fingerprint density at radius 1 is 0.655 bits per heavy atom. The zero-order chi connectivity index (χ0) is 41.9. The van der Waals surface area contributed by atoms with Crippen LogP contribution in [-0.2, 0) is 40.1 Å². The van der Waals surface area contributed by atoms with Crippen molar-refractivity contribution in [2.45, 2.75) is 91.2 Å². The Labute approximate surface area is 349 Å². The molecule has 4 rings (SSSR count). The van der Waals surface area contributed by atoms with Gasteiger partial charge in [0, 0.05) is 34.5 Å². The normalized spacial score (nSPS) is 10.1. The molecule has 304 valence electrons. The van der Waals surface area contributed by atoms with Crippen molar-refractivity contribution in [1.29, 1.82) is 0 Å². The summed E-state index contributed by atoms with van der Waals surface area (Å²) in [5.74, 6) is -0.288. The first-order chi connectivity index (χ1) is 26.5. The second kappa shape index (κ2) is 37.0. The molecule has 4 aromatic carbocycles. The van der Waals surface area contributed by atoms with Crippen LogP contribution < -0.4 is 5.32 Å². The number of aliphatic hydroxyl groups is 1. The second-order valence-electron chi connectivity index (χ2n) is 13.6. The predicted octanol–water partition coefficient (Wildman–Crippen LogP) is 10.5. The van der Waals surface area contributed by atoms with E-state index in [0.717, 1.165) is 45.6 Å². The molecule has 0 unspecified atom stereocenters. The van der Waals surface area contributed by atoms with Gasteiger partial charge in [-0.3, -0.25) is 11.6 Å². The minimum atomic E-state index is -0.288. The number of carbonyl (C=O) groups is 2. The van der Waals surface area contributed by atoms with Crippen molar-refractivity contribution >= 4 is 44.6 Å². The van der Waals surface area contributed by atoms with Gasteiger partial charge < -0.3 is 20.0 Å². The zero-order valence-corrected chi connectivity index (χ0v) is 38.7. The number of aldehydes is 1. The Balaban J connectivity index is 0. The van der Waals surface area contributed by atoms with Gasteiger partial charge in [0.2, 0.25) is 0 Å². The molecule has 0 saturated carbocycles. The van der Waals surface area contributed by atoms with E-state index < -0.39 is 0 Å². The topological polar surface area (TPSA) is 92.7 Å². The van der Waals surface area contributed by atoms with Crippen molar-refractivity contribution in [1.82, 2.24) is 5.32 Å². The molecule has 0 saturated heterocycles. The summed E-state index contributed by atoms with van der Waals surface area (Å²) in [4.78, 5) is 29.4. The average molecular weight is 901 g/mol. The summed E-state index contributed by atoms with van der Waals surface area (Å²) in [6, 6.07) is 37.3.